The van der Waals surface area contributed by atoms with Crippen LogP contribution in [0.4, 0.5) is 22.0 Å². The molecule has 0 aliphatic heterocycles. The average molecular weight is 284 g/mol. The minimum Gasteiger partial charge on any atom is -0.396 e. The van der Waals surface area contributed by atoms with Crippen molar-refractivity contribution < 1.29 is 31.6 Å². The van der Waals surface area contributed by atoms with E-state index in [9.17, 15) is 22.0 Å². The van der Waals surface area contributed by atoms with E-state index in [0.29, 0.717) is 12.8 Å². The van der Waals surface area contributed by atoms with Gasteiger partial charge in [-0.1, -0.05) is 0 Å². The third-order valence-corrected chi connectivity index (χ3v) is 2.68. The Bertz CT molecular complexity index is 388. The predicted molar refractivity (Wildman–Crippen MR) is 57.7 cm³/mol. The first-order chi connectivity index (χ1) is 8.76. The number of rotatable bonds is 6. The van der Waals surface area contributed by atoms with Crippen LogP contribution in [0.2, 0.25) is 0 Å². The van der Waals surface area contributed by atoms with Gasteiger partial charge in [-0.3, -0.25) is 0 Å². The summed E-state index contributed by atoms with van der Waals surface area (Å²) in [5.41, 5.74) is 0.896. The van der Waals surface area contributed by atoms with Crippen LogP contribution in [-0.4, -0.2) is 23.8 Å². The van der Waals surface area contributed by atoms with Gasteiger partial charge in [0.25, 0.3) is 0 Å². The standard InChI is InChI=1S/C12H15F5NO/c13-11(14,12(15,16)17)5-8-18-6-3-10(4-7-18)2-1-9-19/h3-4,6-7,19H,1-2,5,8-9H2/q+1. The fraction of sp³-hybridized carbons (Fsp3) is 0.583. The number of aryl methyl sites for hydroxylation is 2. The third-order valence-electron chi connectivity index (χ3n) is 2.68. The Morgan fingerprint density at radius 1 is 1.05 bits per heavy atom. The molecule has 7 heteroatoms. The Labute approximate surface area is 107 Å². The molecule has 0 bridgehead atoms. The second-order valence-electron chi connectivity index (χ2n) is 4.22. The summed E-state index contributed by atoms with van der Waals surface area (Å²) < 4.78 is 62.5. The fourth-order valence-corrected chi connectivity index (χ4v) is 1.50. The molecule has 0 unspecified atom stereocenters. The van der Waals surface area contributed by atoms with Crippen molar-refractivity contribution in [1.29, 1.82) is 0 Å². The molecule has 1 heterocycles. The molecular weight excluding hydrogens is 269 g/mol. The monoisotopic (exact) mass is 284 g/mol. The largest absolute Gasteiger partial charge is 0.453 e. The lowest BCUT2D eigenvalue weighted by Crippen LogP contribution is -2.42. The van der Waals surface area contributed by atoms with Crippen molar-refractivity contribution in [3.8, 4) is 0 Å². The van der Waals surface area contributed by atoms with Crippen molar-refractivity contribution in [3.63, 3.8) is 0 Å². The van der Waals surface area contributed by atoms with Gasteiger partial charge in [0.2, 0.25) is 0 Å². The molecule has 0 radical (unpaired) electrons. The Hall–Kier alpha value is -1.24. The van der Waals surface area contributed by atoms with Crippen LogP contribution >= 0.6 is 0 Å². The minimum absolute atomic E-state index is 0.0483. The second-order valence-corrected chi connectivity index (χ2v) is 4.22. The van der Waals surface area contributed by atoms with Crippen LogP contribution in [0, 0.1) is 0 Å². The Kier molecular flexibility index (Phi) is 5.22. The summed E-state index contributed by atoms with van der Waals surface area (Å²) in [6.45, 7) is -0.362. The first kappa shape index (κ1) is 15.8. The maximum atomic E-state index is 12.7. The Balaban J connectivity index is 2.55. The molecule has 19 heavy (non-hydrogen) atoms. The quantitative estimate of drug-likeness (QED) is 0.630. The van der Waals surface area contributed by atoms with E-state index in [4.69, 9.17) is 5.11 Å². The molecule has 0 atom stereocenters. The molecule has 1 aromatic heterocycles. The van der Waals surface area contributed by atoms with Crippen molar-refractivity contribution in [2.75, 3.05) is 6.61 Å². The lowest BCUT2D eigenvalue weighted by molar-refractivity contribution is -0.700. The number of halogens is 5. The van der Waals surface area contributed by atoms with Crippen molar-refractivity contribution in [1.82, 2.24) is 0 Å². The second kappa shape index (κ2) is 6.27. The minimum atomic E-state index is -5.51. The van der Waals surface area contributed by atoms with Crippen molar-refractivity contribution in [2.45, 2.75) is 37.9 Å². The van der Waals surface area contributed by atoms with Crippen LogP contribution in [0.15, 0.2) is 24.5 Å². The lowest BCUT2D eigenvalue weighted by Gasteiger charge is -2.17. The van der Waals surface area contributed by atoms with Crippen LogP contribution < -0.4 is 4.57 Å². The number of pyridine rings is 1. The normalized spacial score (nSPS) is 12.7. The smallest absolute Gasteiger partial charge is 0.396 e. The van der Waals surface area contributed by atoms with E-state index in [-0.39, 0.29) is 6.61 Å². The number of hydrogen-bond acceptors (Lipinski definition) is 1. The number of aliphatic hydroxyl groups is 1. The summed E-state index contributed by atoms with van der Waals surface area (Å²) >= 11 is 0. The zero-order valence-corrected chi connectivity index (χ0v) is 10.1. The number of nitrogens with zero attached hydrogens (tertiary/aromatic N) is 1. The van der Waals surface area contributed by atoms with E-state index in [1.807, 2.05) is 0 Å². The van der Waals surface area contributed by atoms with E-state index < -0.39 is 25.1 Å². The van der Waals surface area contributed by atoms with Gasteiger partial charge in [-0.05, 0) is 18.4 Å². The average Bonchev–Trinajstić information content (AvgIpc) is 2.34. The number of alkyl halides is 5. The summed E-state index contributed by atoms with van der Waals surface area (Å²) in [5, 5.41) is 8.64. The van der Waals surface area contributed by atoms with Gasteiger partial charge in [-0.2, -0.15) is 22.0 Å². The molecule has 1 aromatic rings. The Morgan fingerprint density at radius 3 is 2.11 bits per heavy atom. The van der Waals surface area contributed by atoms with E-state index in [2.05, 4.69) is 0 Å². The highest BCUT2D eigenvalue weighted by Gasteiger charge is 2.57. The van der Waals surface area contributed by atoms with Gasteiger partial charge in [0, 0.05) is 18.7 Å². The lowest BCUT2D eigenvalue weighted by atomic mass is 10.1. The molecule has 0 saturated heterocycles. The number of hydrogen-bond donors (Lipinski definition) is 1. The number of aromatic nitrogens is 1. The van der Waals surface area contributed by atoms with Crippen LogP contribution in [0.3, 0.4) is 0 Å². The van der Waals surface area contributed by atoms with Crippen LogP contribution in [0.1, 0.15) is 18.4 Å². The topological polar surface area (TPSA) is 24.1 Å². The van der Waals surface area contributed by atoms with E-state index in [1.165, 1.54) is 17.0 Å². The van der Waals surface area contributed by atoms with Gasteiger partial charge >= 0.3 is 12.1 Å². The molecule has 0 spiro atoms. The summed E-state index contributed by atoms with van der Waals surface area (Å²) in [4.78, 5) is 0. The number of aliphatic hydroxyl groups excluding tert-OH is 1. The molecular formula is C12H15F5NO+. The van der Waals surface area contributed by atoms with E-state index >= 15 is 0 Å². The highest BCUT2D eigenvalue weighted by molar-refractivity contribution is 5.07. The Morgan fingerprint density at radius 2 is 1.63 bits per heavy atom. The van der Waals surface area contributed by atoms with Gasteiger partial charge in [-0.15, -0.1) is 0 Å². The molecule has 1 N–H and O–H groups in total. The summed E-state index contributed by atoms with van der Waals surface area (Å²) in [7, 11) is 0. The first-order valence-electron chi connectivity index (χ1n) is 5.79. The predicted octanol–water partition coefficient (Wildman–Crippen LogP) is 2.49. The molecule has 0 saturated carbocycles. The van der Waals surface area contributed by atoms with Crippen LogP contribution in [0.25, 0.3) is 0 Å². The van der Waals surface area contributed by atoms with Gasteiger partial charge in [-0.25, -0.2) is 4.57 Å². The summed E-state index contributed by atoms with van der Waals surface area (Å²) in [5.74, 6) is -4.67. The zero-order chi connectivity index (χ0) is 14.5. The highest BCUT2D eigenvalue weighted by Crippen LogP contribution is 2.37. The van der Waals surface area contributed by atoms with Crippen molar-refractivity contribution >= 4 is 0 Å². The molecule has 108 valence electrons. The third kappa shape index (κ3) is 4.74. The summed E-state index contributed by atoms with van der Waals surface area (Å²) in [6, 6.07) is 3.28. The van der Waals surface area contributed by atoms with Crippen molar-refractivity contribution in [2.24, 2.45) is 0 Å². The van der Waals surface area contributed by atoms with Gasteiger partial charge in [0.05, 0.1) is 6.42 Å². The first-order valence-corrected chi connectivity index (χ1v) is 5.79. The van der Waals surface area contributed by atoms with Crippen LogP contribution in [-0.2, 0) is 13.0 Å². The highest BCUT2D eigenvalue weighted by atomic mass is 19.4. The maximum Gasteiger partial charge on any atom is 0.453 e. The molecule has 0 aliphatic rings. The molecule has 0 aromatic carbocycles. The molecule has 0 aliphatic carbocycles. The van der Waals surface area contributed by atoms with E-state index in [1.54, 1.807) is 12.1 Å². The van der Waals surface area contributed by atoms with Gasteiger partial charge in [0.1, 0.15) is 0 Å². The zero-order valence-electron chi connectivity index (χ0n) is 10.1. The van der Waals surface area contributed by atoms with Gasteiger partial charge in [0.15, 0.2) is 18.9 Å². The SMILES string of the molecule is OCCCc1cc[n+](CCC(F)(F)C(F)(F)F)cc1. The van der Waals surface area contributed by atoms with Gasteiger partial charge < -0.3 is 5.11 Å². The molecule has 1 rings (SSSR count). The fourth-order valence-electron chi connectivity index (χ4n) is 1.50. The van der Waals surface area contributed by atoms with Crippen molar-refractivity contribution in [3.05, 3.63) is 30.1 Å². The molecule has 0 amide bonds. The molecule has 0 fully saturated rings. The van der Waals surface area contributed by atoms with Crippen LogP contribution in [0.5, 0.6) is 0 Å². The maximum absolute atomic E-state index is 12.7. The van der Waals surface area contributed by atoms with E-state index in [0.717, 1.165) is 5.56 Å². The molecule has 2 nitrogen and oxygen atoms in total. The summed E-state index contributed by atoms with van der Waals surface area (Å²) in [6.07, 6.45) is -2.66.